The van der Waals surface area contributed by atoms with Crippen molar-refractivity contribution in [1.29, 1.82) is 0 Å². The van der Waals surface area contributed by atoms with Crippen molar-refractivity contribution in [2.24, 2.45) is 0 Å². The summed E-state index contributed by atoms with van der Waals surface area (Å²) < 4.78 is 8.84. The molecule has 0 radical (unpaired) electrons. The Morgan fingerprint density at radius 1 is 0.264 bits per heavy atom. The summed E-state index contributed by atoms with van der Waals surface area (Å²) in [6.45, 7) is 1.69. The Kier molecular flexibility index (Phi) is 24.9. The van der Waals surface area contributed by atoms with Crippen molar-refractivity contribution in [3.05, 3.63) is 218 Å². The summed E-state index contributed by atoms with van der Waals surface area (Å²) in [4.78, 5) is 2.37. The molecule has 0 atom stereocenters. The average molecular weight is 1320 g/mol. The molecule has 0 aliphatic carbocycles. The summed E-state index contributed by atoms with van der Waals surface area (Å²) in [5.74, 6) is 112. The number of rotatable bonds is 6. The van der Waals surface area contributed by atoms with Gasteiger partial charge < -0.3 is 13.7 Å². The first-order valence-electron chi connectivity index (χ1n) is 32.0. The van der Waals surface area contributed by atoms with Crippen LogP contribution < -0.4 is 4.90 Å². The van der Waals surface area contributed by atoms with Crippen LogP contribution in [0.25, 0.3) is 93.4 Å². The van der Waals surface area contributed by atoms with E-state index in [1.54, 1.807) is 6.92 Å². The number of para-hydroxylation sites is 2. The molecule has 0 fully saturated rings. The molecule has 0 saturated heterocycles. The zero-order valence-corrected chi connectivity index (χ0v) is 56.2. The van der Waals surface area contributed by atoms with Gasteiger partial charge in [-0.25, -0.2) is 0 Å². The van der Waals surface area contributed by atoms with E-state index in [1.165, 1.54) is 65.9 Å². The molecule has 12 rings (SSSR count). The van der Waals surface area contributed by atoms with Crippen LogP contribution in [0, 0.1) is 273 Å². The van der Waals surface area contributed by atoms with Crippen LogP contribution in [0.4, 0.5) is 17.1 Å². The fourth-order valence-corrected chi connectivity index (χ4v) is 10.7. The van der Waals surface area contributed by atoms with Gasteiger partial charge in [0.25, 0.3) is 0 Å². The normalized spacial score (nSPS) is 8.26. The minimum absolute atomic E-state index is 0.868. The van der Waals surface area contributed by atoms with Crippen molar-refractivity contribution in [2.45, 2.75) is 6.92 Å². The molecule has 3 nitrogen and oxygen atoms in total. The van der Waals surface area contributed by atoms with Crippen LogP contribution in [0.1, 0.15) is 6.92 Å². The van der Waals surface area contributed by atoms with Gasteiger partial charge in [-0.2, -0.15) is 0 Å². The Morgan fingerprint density at radius 3 is 1.10 bits per heavy atom. The zero-order chi connectivity index (χ0) is 72.7. The van der Waals surface area contributed by atoms with Crippen LogP contribution in [0.2, 0.25) is 0 Å². The molecule has 12 aromatic rings. The van der Waals surface area contributed by atoms with Crippen molar-refractivity contribution >= 4 is 77.1 Å². The number of hydrogen-bond acceptors (Lipinski definition) is 2. The third kappa shape index (κ3) is 18.8. The number of anilines is 3. The van der Waals surface area contributed by atoms with Gasteiger partial charge in [0.05, 0.1) is 27.6 Å². The van der Waals surface area contributed by atoms with Gasteiger partial charge in [-0.1, -0.05) is 164 Å². The number of benzene rings is 9. The fraction of sp³-hybridized carbons (Fsp3) is 0.00971. The monoisotopic (exact) mass is 1320 g/mol. The number of hydrogen-bond donors (Lipinski definition) is 0. The Bertz CT molecular complexity index is 7230. The number of terminal acetylenes is 1. The van der Waals surface area contributed by atoms with Gasteiger partial charge in [-0.15, -0.1) is 6.42 Å². The summed E-state index contributed by atoms with van der Waals surface area (Å²) in [6, 6.07) is 78.6. The Morgan fingerprint density at radius 2 is 0.623 bits per heavy atom. The second kappa shape index (κ2) is 38.1. The van der Waals surface area contributed by atoms with Crippen LogP contribution in [0.5, 0.6) is 0 Å². The molecule has 3 heterocycles. The predicted molar refractivity (Wildman–Crippen MR) is 434 cm³/mol. The fourth-order valence-electron chi connectivity index (χ4n) is 10.7. The van der Waals surface area contributed by atoms with Crippen molar-refractivity contribution in [2.75, 3.05) is 4.90 Å². The van der Waals surface area contributed by atoms with Crippen LogP contribution in [-0.4, -0.2) is 4.40 Å². The van der Waals surface area contributed by atoms with Crippen LogP contribution in [0.3, 0.4) is 0 Å². The van der Waals surface area contributed by atoms with Gasteiger partial charge in [0.15, 0.2) is 0 Å². The number of aromatic nitrogens is 1. The minimum Gasteiger partial charge on any atom is -0.456 e. The third-order valence-corrected chi connectivity index (χ3v) is 14.8. The van der Waals surface area contributed by atoms with Gasteiger partial charge in [-0.05, 0) is 201 Å². The third-order valence-electron chi connectivity index (χ3n) is 14.8. The van der Waals surface area contributed by atoms with E-state index < -0.39 is 0 Å². The molecule has 0 saturated carbocycles. The maximum Gasteiger partial charge on any atom is 0.137 e. The quantitative estimate of drug-likeness (QED) is 0.155. The number of pyridine rings is 1. The summed E-state index contributed by atoms with van der Waals surface area (Å²) >= 11 is 0. The maximum atomic E-state index is 6.41. The Hall–Kier alpha value is -18.0. The lowest BCUT2D eigenvalue weighted by molar-refractivity contribution is 0.669. The Labute approximate surface area is 618 Å². The molecule has 3 aromatic heterocycles. The van der Waals surface area contributed by atoms with Crippen molar-refractivity contribution in [3.8, 4) is 306 Å². The van der Waals surface area contributed by atoms with Crippen molar-refractivity contribution in [1.82, 2.24) is 4.40 Å². The van der Waals surface area contributed by atoms with E-state index in [4.69, 9.17) is 10.8 Å². The Balaban J connectivity index is 0.000000219. The highest BCUT2D eigenvalue weighted by Gasteiger charge is 2.21. The molecule has 468 valence electrons. The van der Waals surface area contributed by atoms with Gasteiger partial charge in [0.2, 0.25) is 0 Å². The molecule has 0 bridgehead atoms. The van der Waals surface area contributed by atoms with Gasteiger partial charge >= 0.3 is 0 Å². The zero-order valence-electron chi connectivity index (χ0n) is 56.2. The summed E-state index contributed by atoms with van der Waals surface area (Å²) in [6.07, 6.45) is 4.94. The van der Waals surface area contributed by atoms with E-state index in [0.29, 0.717) is 0 Å². The van der Waals surface area contributed by atoms with Crippen molar-refractivity contribution in [3.63, 3.8) is 0 Å². The molecule has 0 unspecified atom stereocenters. The van der Waals surface area contributed by atoms with E-state index in [2.05, 4.69) is 482 Å². The van der Waals surface area contributed by atoms with Gasteiger partial charge in [0, 0.05) is 199 Å². The molecule has 0 amide bonds. The SMILES string of the molecule is C#CC#CC#CC#CC#CC#CC#CC#CC#CC#CC#CC#CC#CC#CC#CC#CC#CC#CC#CC#CC#CC#CC#CC.c1ccc(-c2c3ccccc3n3c2ccc2c(-c4ccc(N(c5ccc(-c6cccc7ccccc67)cc5)c5cccc6oc7ccccc7c56)cc4)cccc23)cc1. The number of nitrogens with zero attached hydrogens (tertiary/aromatic N) is 2. The molecule has 3 heteroatoms. The molecule has 0 spiro atoms. The molecule has 9 aromatic carbocycles. The second-order valence-electron chi connectivity index (χ2n) is 21.0. The maximum absolute atomic E-state index is 6.41. The standard InChI is InChI=1S/C56H36N2O.C47H4/c1-2-14-40(15-3-1)55-47-18-6-8-22-50(47)58-49-23-11-21-45(46(49)35-36-52(55)58)39-29-33-42(34-30-39)57(51-24-12-26-54-56(51)48-19-7-9-25-53(48)59-54)41-31-27-38(28-32-41)44-20-10-16-37-13-4-5-17-43(37)44;1-3-5-7-9-11-13-15-17-19-21-23-25-27-29-31-33-35-37-39-41-43-45-47-46-44-42-40-38-36-34-32-30-28-26-24-22-20-18-16-14-12-10-8-6-4-2/h1-36H;1H,2H3. The lowest BCUT2D eigenvalue weighted by Gasteiger charge is -2.27. The largest absolute Gasteiger partial charge is 0.456 e. The number of fused-ring (bicyclic) bond motifs is 9. The van der Waals surface area contributed by atoms with E-state index in [0.717, 1.165) is 44.6 Å². The highest BCUT2D eigenvalue weighted by atomic mass is 16.3. The molecule has 0 aliphatic heterocycles. The van der Waals surface area contributed by atoms with Gasteiger partial charge in [-0.3, -0.25) is 0 Å². The molecular formula is C103H40N2O. The molecule has 106 heavy (non-hydrogen) atoms. The lowest BCUT2D eigenvalue weighted by atomic mass is 9.97. The van der Waals surface area contributed by atoms with Crippen molar-refractivity contribution < 1.29 is 4.42 Å². The molecule has 0 N–H and O–H groups in total. The lowest BCUT2D eigenvalue weighted by Crippen LogP contribution is -2.10. The minimum atomic E-state index is 0.868. The molecule has 0 aliphatic rings. The highest BCUT2D eigenvalue weighted by Crippen LogP contribution is 2.45. The first kappa shape index (κ1) is 69.4. The predicted octanol–water partition coefficient (Wildman–Crippen LogP) is 16.5. The highest BCUT2D eigenvalue weighted by molar-refractivity contribution is 6.14. The number of furan rings is 1. The van der Waals surface area contributed by atoms with Gasteiger partial charge in [0.1, 0.15) is 11.2 Å². The van der Waals surface area contributed by atoms with E-state index in [1.807, 2.05) is 12.1 Å². The summed E-state index contributed by atoms with van der Waals surface area (Å²) in [5.41, 5.74) is 15.8. The topological polar surface area (TPSA) is 20.8 Å². The first-order chi connectivity index (χ1) is 52.7. The molecular weight excluding hydrogens is 1280 g/mol. The second-order valence-corrected chi connectivity index (χ2v) is 21.0. The summed E-state index contributed by atoms with van der Waals surface area (Å²) in [7, 11) is 0. The van der Waals surface area contributed by atoms with E-state index in [-0.39, 0.29) is 0 Å². The smallest absolute Gasteiger partial charge is 0.137 e. The van der Waals surface area contributed by atoms with E-state index in [9.17, 15) is 0 Å². The first-order valence-corrected chi connectivity index (χ1v) is 32.0. The van der Waals surface area contributed by atoms with Crippen LogP contribution >= 0.6 is 0 Å². The summed E-state index contributed by atoms with van der Waals surface area (Å²) in [5, 5.41) is 7.15. The average Bonchev–Trinajstić information content (AvgIpc) is 1.56. The van der Waals surface area contributed by atoms with Crippen LogP contribution in [0.15, 0.2) is 223 Å². The van der Waals surface area contributed by atoms with Crippen LogP contribution in [-0.2, 0) is 0 Å². The van der Waals surface area contributed by atoms with E-state index >= 15 is 0 Å².